The first kappa shape index (κ1) is 17.7. The van der Waals surface area contributed by atoms with Crippen molar-refractivity contribution in [1.29, 1.82) is 0 Å². The Balaban J connectivity index is 2.05. The van der Waals surface area contributed by atoms with Crippen molar-refractivity contribution in [2.24, 2.45) is 0 Å². The van der Waals surface area contributed by atoms with Gasteiger partial charge in [0.05, 0.1) is 0 Å². The normalized spacial score (nSPS) is 16.9. The highest BCUT2D eigenvalue weighted by Crippen LogP contribution is 2.46. The molecule has 126 valence electrons. The average Bonchev–Trinajstić information content (AvgIpc) is 2.43. The van der Waals surface area contributed by atoms with E-state index in [0.717, 1.165) is 24.1 Å². The maximum Gasteiger partial charge on any atom is 0.314 e. The van der Waals surface area contributed by atoms with Gasteiger partial charge in [-0.25, -0.2) is 0 Å². The summed E-state index contributed by atoms with van der Waals surface area (Å²) in [4.78, 5) is 14.1. The lowest BCUT2D eigenvalue weighted by Gasteiger charge is -2.40. The van der Waals surface area contributed by atoms with Crippen LogP contribution in [0, 0.1) is 0 Å². The standard InChI is InChI=1S/C20H29NO2/c1-14(2)21(15(3)4)11-10-17-6-8-18(9-7-17)20(19(22)23)12-16(5)13-20/h6-9,14-15H,5,10-13H2,1-4H3,(H,22,23). The molecule has 1 aromatic carbocycles. The first-order valence-corrected chi connectivity index (χ1v) is 8.51. The van der Waals surface area contributed by atoms with Gasteiger partial charge in [-0.3, -0.25) is 9.69 Å². The third-order valence-corrected chi connectivity index (χ3v) is 5.00. The summed E-state index contributed by atoms with van der Waals surface area (Å²) in [5.74, 6) is -0.733. The zero-order valence-electron chi connectivity index (χ0n) is 14.8. The molecule has 1 aromatic rings. The zero-order valence-corrected chi connectivity index (χ0v) is 14.8. The van der Waals surface area contributed by atoms with Crippen LogP contribution in [-0.4, -0.2) is 34.6 Å². The molecule has 1 saturated carbocycles. The summed E-state index contributed by atoms with van der Waals surface area (Å²) >= 11 is 0. The van der Waals surface area contributed by atoms with Crippen LogP contribution in [0.3, 0.4) is 0 Å². The molecule has 1 fully saturated rings. The smallest absolute Gasteiger partial charge is 0.314 e. The Morgan fingerprint density at radius 1 is 1.17 bits per heavy atom. The molecule has 0 heterocycles. The summed E-state index contributed by atoms with van der Waals surface area (Å²) < 4.78 is 0. The van der Waals surface area contributed by atoms with Crippen molar-refractivity contribution in [2.45, 2.75) is 64.5 Å². The molecule has 0 aliphatic heterocycles. The molecule has 0 atom stereocenters. The van der Waals surface area contributed by atoms with Gasteiger partial charge in [0.15, 0.2) is 0 Å². The summed E-state index contributed by atoms with van der Waals surface area (Å²) in [6.45, 7) is 13.8. The fraction of sp³-hybridized carbons (Fsp3) is 0.550. The Labute approximate surface area is 140 Å². The van der Waals surface area contributed by atoms with Crippen molar-refractivity contribution < 1.29 is 9.90 Å². The third-order valence-electron chi connectivity index (χ3n) is 5.00. The molecule has 3 heteroatoms. The first-order chi connectivity index (χ1) is 10.8. The summed E-state index contributed by atoms with van der Waals surface area (Å²) in [5, 5.41) is 9.57. The minimum Gasteiger partial charge on any atom is -0.481 e. The van der Waals surface area contributed by atoms with E-state index < -0.39 is 11.4 Å². The second-order valence-corrected chi connectivity index (χ2v) is 7.36. The van der Waals surface area contributed by atoms with Gasteiger partial charge in [0.2, 0.25) is 0 Å². The van der Waals surface area contributed by atoms with Crippen molar-refractivity contribution in [1.82, 2.24) is 4.90 Å². The van der Waals surface area contributed by atoms with Gasteiger partial charge in [0.1, 0.15) is 5.41 Å². The van der Waals surface area contributed by atoms with Gasteiger partial charge >= 0.3 is 5.97 Å². The lowest BCUT2D eigenvalue weighted by molar-refractivity contribution is -0.145. The average molecular weight is 315 g/mol. The summed E-state index contributed by atoms with van der Waals surface area (Å²) in [7, 11) is 0. The molecule has 0 radical (unpaired) electrons. The van der Waals surface area contributed by atoms with Crippen LogP contribution in [0.1, 0.15) is 51.7 Å². The number of carbonyl (C=O) groups is 1. The van der Waals surface area contributed by atoms with Crippen LogP contribution in [0.2, 0.25) is 0 Å². The van der Waals surface area contributed by atoms with E-state index in [4.69, 9.17) is 0 Å². The molecule has 3 nitrogen and oxygen atoms in total. The topological polar surface area (TPSA) is 40.5 Å². The molecular formula is C20H29NO2. The van der Waals surface area contributed by atoms with Crippen LogP contribution in [0.5, 0.6) is 0 Å². The summed E-state index contributed by atoms with van der Waals surface area (Å²) in [6.07, 6.45) is 2.12. The zero-order chi connectivity index (χ0) is 17.2. The van der Waals surface area contributed by atoms with E-state index in [1.165, 1.54) is 5.56 Å². The van der Waals surface area contributed by atoms with Crippen LogP contribution in [0.25, 0.3) is 0 Å². The first-order valence-electron chi connectivity index (χ1n) is 8.51. The molecule has 1 aliphatic rings. The van der Waals surface area contributed by atoms with E-state index in [1.807, 2.05) is 12.1 Å². The largest absolute Gasteiger partial charge is 0.481 e. The predicted molar refractivity (Wildman–Crippen MR) is 94.8 cm³/mol. The second kappa shape index (κ2) is 6.88. The highest BCUT2D eigenvalue weighted by Gasteiger charge is 2.48. The number of hydrogen-bond donors (Lipinski definition) is 1. The number of rotatable bonds is 7. The maximum atomic E-state index is 11.7. The van der Waals surface area contributed by atoms with Gasteiger partial charge in [0, 0.05) is 18.6 Å². The molecule has 2 rings (SSSR count). The Bertz CT molecular complexity index is 556. The number of benzene rings is 1. The molecule has 0 amide bonds. The van der Waals surface area contributed by atoms with E-state index in [-0.39, 0.29) is 0 Å². The quantitative estimate of drug-likeness (QED) is 0.773. The maximum absolute atomic E-state index is 11.7. The van der Waals surface area contributed by atoms with Crippen LogP contribution >= 0.6 is 0 Å². The van der Waals surface area contributed by atoms with Gasteiger partial charge in [-0.15, -0.1) is 0 Å². The predicted octanol–water partition coefficient (Wildman–Crippen LogP) is 4.02. The van der Waals surface area contributed by atoms with E-state index in [9.17, 15) is 9.90 Å². The van der Waals surface area contributed by atoms with Gasteiger partial charge in [-0.2, -0.15) is 0 Å². The van der Waals surface area contributed by atoms with Gasteiger partial charge < -0.3 is 5.11 Å². The molecule has 0 bridgehead atoms. The number of carboxylic acid groups (broad SMARTS) is 1. The van der Waals surface area contributed by atoms with Gasteiger partial charge in [0.25, 0.3) is 0 Å². The highest BCUT2D eigenvalue weighted by atomic mass is 16.4. The number of carboxylic acids is 1. The van der Waals surface area contributed by atoms with Crippen LogP contribution < -0.4 is 0 Å². The van der Waals surface area contributed by atoms with E-state index in [0.29, 0.717) is 24.9 Å². The van der Waals surface area contributed by atoms with Crippen LogP contribution in [0.4, 0.5) is 0 Å². The van der Waals surface area contributed by atoms with Gasteiger partial charge in [-0.1, -0.05) is 36.4 Å². The van der Waals surface area contributed by atoms with E-state index in [2.05, 4.69) is 51.3 Å². The second-order valence-electron chi connectivity index (χ2n) is 7.36. The number of hydrogen-bond acceptors (Lipinski definition) is 2. The fourth-order valence-electron chi connectivity index (χ4n) is 3.64. The molecule has 23 heavy (non-hydrogen) atoms. The van der Waals surface area contributed by atoms with E-state index >= 15 is 0 Å². The van der Waals surface area contributed by atoms with Crippen molar-refractivity contribution in [3.63, 3.8) is 0 Å². The summed E-state index contributed by atoms with van der Waals surface area (Å²) in [6, 6.07) is 9.21. The summed E-state index contributed by atoms with van der Waals surface area (Å²) in [5.41, 5.74) is 2.46. The molecule has 0 saturated heterocycles. The molecule has 1 N–H and O–H groups in total. The number of allylic oxidation sites excluding steroid dienone is 1. The Hall–Kier alpha value is -1.61. The van der Waals surface area contributed by atoms with Crippen molar-refractivity contribution in [3.05, 3.63) is 47.5 Å². The van der Waals surface area contributed by atoms with E-state index in [1.54, 1.807) is 0 Å². The van der Waals surface area contributed by atoms with Crippen molar-refractivity contribution in [3.8, 4) is 0 Å². The van der Waals surface area contributed by atoms with Crippen molar-refractivity contribution >= 4 is 5.97 Å². The van der Waals surface area contributed by atoms with Crippen molar-refractivity contribution in [2.75, 3.05) is 6.54 Å². The number of aliphatic carboxylic acids is 1. The van der Waals surface area contributed by atoms with Crippen LogP contribution in [-0.2, 0) is 16.6 Å². The molecule has 0 aromatic heterocycles. The Morgan fingerprint density at radius 2 is 1.70 bits per heavy atom. The fourth-order valence-corrected chi connectivity index (χ4v) is 3.64. The third kappa shape index (κ3) is 3.66. The molecule has 0 spiro atoms. The lowest BCUT2D eigenvalue weighted by Crippen LogP contribution is -2.43. The molecule has 1 aliphatic carbocycles. The monoisotopic (exact) mass is 315 g/mol. The van der Waals surface area contributed by atoms with Crippen LogP contribution in [0.15, 0.2) is 36.4 Å². The minimum atomic E-state index is -0.739. The minimum absolute atomic E-state index is 0.533. The molecular weight excluding hydrogens is 286 g/mol. The Kier molecular flexibility index (Phi) is 5.30. The highest BCUT2D eigenvalue weighted by molar-refractivity contribution is 5.84. The number of nitrogens with zero attached hydrogens (tertiary/aromatic N) is 1. The molecule has 0 unspecified atom stereocenters. The lowest BCUT2D eigenvalue weighted by atomic mass is 9.62. The SMILES string of the molecule is C=C1CC(C(=O)O)(c2ccc(CCN(C(C)C)C(C)C)cc2)C1. The Morgan fingerprint density at radius 3 is 2.09 bits per heavy atom. The van der Waals surface area contributed by atoms with Gasteiger partial charge in [-0.05, 0) is 58.1 Å².